The fourth-order valence-corrected chi connectivity index (χ4v) is 2.87. The Hall–Kier alpha value is -3.90. The number of halogens is 7. The largest absolute Gasteiger partial charge is 0.460 e. The molecule has 0 aliphatic carbocycles. The van der Waals surface area contributed by atoms with E-state index in [4.69, 9.17) is 0 Å². The summed E-state index contributed by atoms with van der Waals surface area (Å²) in [6.45, 7) is 1.41. The first-order valence-electron chi connectivity index (χ1n) is 9.40. The zero-order chi connectivity index (χ0) is 25.3. The van der Waals surface area contributed by atoms with Crippen LogP contribution < -0.4 is 10.7 Å². The third-order valence-electron chi connectivity index (χ3n) is 4.73. The number of nitrogens with one attached hydrogen (secondary N) is 3. The Morgan fingerprint density at radius 3 is 2.29 bits per heavy atom. The molecule has 34 heavy (non-hydrogen) atoms. The highest BCUT2D eigenvalue weighted by Crippen LogP contribution is 2.46. The van der Waals surface area contributed by atoms with Crippen LogP contribution in [0.3, 0.4) is 0 Å². The monoisotopic (exact) mass is 488 g/mol. The highest BCUT2D eigenvalue weighted by molar-refractivity contribution is 6.08. The first-order valence-corrected chi connectivity index (χ1v) is 9.40. The molecule has 180 valence electrons. The average Bonchev–Trinajstić information content (AvgIpc) is 3.20. The molecule has 0 aliphatic heterocycles. The number of hydrogen-bond acceptors (Lipinski definition) is 3. The first kappa shape index (κ1) is 24.7. The average molecular weight is 488 g/mol. The van der Waals surface area contributed by atoms with Crippen molar-refractivity contribution in [1.82, 2.24) is 10.4 Å². The number of amides is 2. The number of carbonyl (C=O) groups is 2. The van der Waals surface area contributed by atoms with Gasteiger partial charge in [-0.25, -0.2) is 5.43 Å². The van der Waals surface area contributed by atoms with Crippen molar-refractivity contribution < 1.29 is 40.3 Å². The standard InChI is InChI=1S/C21H15F7N4O2/c1-11(31-32-17(33)15-10-29-16-8-3-2-7-14(15)16)12-5-4-6-13(9-12)30-18(34)19(22,23)20(24,25)21(26,27)28/h2-10,29H,1H3,(H,30,34)(H,32,33)/b31-11+. The van der Waals surface area contributed by atoms with E-state index in [0.717, 1.165) is 12.1 Å². The van der Waals surface area contributed by atoms with Gasteiger partial charge in [0.05, 0.1) is 11.3 Å². The summed E-state index contributed by atoms with van der Waals surface area (Å²) in [4.78, 5) is 26.9. The molecule has 3 rings (SSSR count). The van der Waals surface area contributed by atoms with E-state index in [1.54, 1.807) is 24.3 Å². The van der Waals surface area contributed by atoms with Crippen molar-refractivity contribution in [3.63, 3.8) is 0 Å². The molecule has 1 aromatic heterocycles. The number of aromatic nitrogens is 1. The summed E-state index contributed by atoms with van der Waals surface area (Å²) in [7, 11) is 0. The summed E-state index contributed by atoms with van der Waals surface area (Å²) in [6.07, 6.45) is -5.17. The molecule has 0 atom stereocenters. The van der Waals surface area contributed by atoms with Gasteiger partial charge < -0.3 is 10.3 Å². The smallest absolute Gasteiger partial charge is 0.360 e. The minimum Gasteiger partial charge on any atom is -0.360 e. The Balaban J connectivity index is 1.75. The fourth-order valence-electron chi connectivity index (χ4n) is 2.87. The van der Waals surface area contributed by atoms with Crippen molar-refractivity contribution in [2.24, 2.45) is 5.10 Å². The number of alkyl halides is 7. The Morgan fingerprint density at radius 1 is 0.941 bits per heavy atom. The molecule has 0 spiro atoms. The molecular formula is C21H15F7N4O2. The molecule has 0 bridgehead atoms. The van der Waals surface area contributed by atoms with E-state index < -0.39 is 35.5 Å². The van der Waals surface area contributed by atoms with E-state index in [1.807, 2.05) is 0 Å². The van der Waals surface area contributed by atoms with Gasteiger partial charge in [-0.3, -0.25) is 9.59 Å². The van der Waals surface area contributed by atoms with Gasteiger partial charge in [0.15, 0.2) is 0 Å². The van der Waals surface area contributed by atoms with Crippen LogP contribution >= 0.6 is 0 Å². The summed E-state index contributed by atoms with van der Waals surface area (Å²) < 4.78 is 90.0. The van der Waals surface area contributed by atoms with Crippen LogP contribution in [-0.4, -0.2) is 40.5 Å². The molecule has 6 nitrogen and oxygen atoms in total. The predicted molar refractivity (Wildman–Crippen MR) is 109 cm³/mol. The number of anilines is 1. The van der Waals surface area contributed by atoms with Crippen LogP contribution in [0.15, 0.2) is 59.8 Å². The van der Waals surface area contributed by atoms with Crippen LogP contribution in [0.5, 0.6) is 0 Å². The number of aromatic amines is 1. The molecule has 2 aromatic carbocycles. The lowest BCUT2D eigenvalue weighted by Crippen LogP contribution is -2.57. The van der Waals surface area contributed by atoms with Crippen molar-refractivity contribution >= 4 is 34.1 Å². The van der Waals surface area contributed by atoms with Crippen molar-refractivity contribution in [2.75, 3.05) is 5.32 Å². The molecule has 3 aromatic rings. The summed E-state index contributed by atoms with van der Waals surface area (Å²) in [6, 6.07) is 11.6. The topological polar surface area (TPSA) is 86.3 Å². The van der Waals surface area contributed by atoms with Gasteiger partial charge in [-0.2, -0.15) is 35.8 Å². The number of carbonyl (C=O) groups excluding carboxylic acids is 2. The molecule has 13 heteroatoms. The lowest BCUT2D eigenvalue weighted by Gasteiger charge is -2.27. The van der Waals surface area contributed by atoms with E-state index >= 15 is 0 Å². The maximum Gasteiger partial charge on any atom is 0.460 e. The van der Waals surface area contributed by atoms with Gasteiger partial charge in [0, 0.05) is 22.8 Å². The van der Waals surface area contributed by atoms with Crippen molar-refractivity contribution in [3.8, 4) is 0 Å². The fraction of sp³-hybridized carbons (Fsp3) is 0.190. The van der Waals surface area contributed by atoms with Gasteiger partial charge in [-0.15, -0.1) is 0 Å². The number of hydrazone groups is 1. The van der Waals surface area contributed by atoms with Gasteiger partial charge in [0.2, 0.25) is 0 Å². The Kier molecular flexibility index (Phi) is 6.40. The Labute approximate surface area is 186 Å². The third kappa shape index (κ3) is 4.58. The number of H-pyrrole nitrogens is 1. The van der Waals surface area contributed by atoms with Gasteiger partial charge in [0.25, 0.3) is 5.91 Å². The highest BCUT2D eigenvalue weighted by Gasteiger charge is 2.76. The maximum atomic E-state index is 13.5. The van der Waals surface area contributed by atoms with E-state index in [0.29, 0.717) is 16.5 Å². The van der Waals surface area contributed by atoms with Crippen molar-refractivity contribution in [3.05, 3.63) is 65.9 Å². The number of fused-ring (bicyclic) bond motifs is 1. The quantitative estimate of drug-likeness (QED) is 0.256. The van der Waals surface area contributed by atoms with Gasteiger partial charge in [-0.1, -0.05) is 30.3 Å². The molecule has 0 radical (unpaired) electrons. The summed E-state index contributed by atoms with van der Waals surface area (Å²) in [5.74, 6) is -16.0. The minimum absolute atomic E-state index is 0.122. The molecule has 0 fully saturated rings. The molecule has 3 N–H and O–H groups in total. The van der Waals surface area contributed by atoms with E-state index in [-0.39, 0.29) is 11.3 Å². The second-order valence-electron chi connectivity index (χ2n) is 7.07. The molecule has 0 saturated carbocycles. The second kappa shape index (κ2) is 8.80. The number of hydrogen-bond donors (Lipinski definition) is 3. The van der Waals surface area contributed by atoms with Gasteiger partial charge in [-0.05, 0) is 30.7 Å². The summed E-state index contributed by atoms with van der Waals surface area (Å²) in [5, 5.41) is 5.85. The Morgan fingerprint density at radius 2 is 1.62 bits per heavy atom. The SMILES string of the molecule is C/C(=N\NC(=O)c1c[nH]c2ccccc12)c1cccc(NC(=O)C(F)(F)C(F)(F)C(F)(F)F)c1. The lowest BCUT2D eigenvalue weighted by molar-refractivity contribution is -0.343. The molecule has 0 saturated heterocycles. The lowest BCUT2D eigenvalue weighted by atomic mass is 10.1. The van der Waals surface area contributed by atoms with Gasteiger partial charge in [0.1, 0.15) is 0 Å². The molecular weight excluding hydrogens is 473 g/mol. The van der Waals surface area contributed by atoms with E-state index in [1.165, 1.54) is 30.6 Å². The third-order valence-corrected chi connectivity index (χ3v) is 4.73. The number of rotatable bonds is 6. The van der Waals surface area contributed by atoms with Crippen LogP contribution in [0.4, 0.5) is 36.4 Å². The van der Waals surface area contributed by atoms with Crippen molar-refractivity contribution in [2.45, 2.75) is 24.9 Å². The molecule has 0 unspecified atom stereocenters. The zero-order valence-corrected chi connectivity index (χ0v) is 17.1. The van der Waals surface area contributed by atoms with Crippen LogP contribution in [0.2, 0.25) is 0 Å². The molecule has 0 aliphatic rings. The summed E-state index contributed by atoms with van der Waals surface area (Å²) in [5.41, 5.74) is 3.09. The molecule has 1 heterocycles. The number of benzene rings is 2. The normalized spacial score (nSPS) is 13.1. The van der Waals surface area contributed by atoms with E-state index in [9.17, 15) is 40.3 Å². The minimum atomic E-state index is -6.64. The zero-order valence-electron chi connectivity index (χ0n) is 17.1. The highest BCUT2D eigenvalue weighted by atomic mass is 19.4. The number of nitrogens with zero attached hydrogens (tertiary/aromatic N) is 1. The summed E-state index contributed by atoms with van der Waals surface area (Å²) >= 11 is 0. The molecule has 2 amide bonds. The van der Waals surface area contributed by atoms with Crippen LogP contribution in [0, 0.1) is 0 Å². The van der Waals surface area contributed by atoms with Crippen molar-refractivity contribution in [1.29, 1.82) is 0 Å². The predicted octanol–water partition coefficient (Wildman–Crippen LogP) is 5.09. The van der Waals surface area contributed by atoms with Crippen LogP contribution in [0.25, 0.3) is 10.9 Å². The Bertz CT molecular complexity index is 1270. The van der Waals surface area contributed by atoms with E-state index in [2.05, 4.69) is 15.5 Å². The number of para-hydroxylation sites is 1. The van der Waals surface area contributed by atoms with Crippen LogP contribution in [-0.2, 0) is 4.79 Å². The van der Waals surface area contributed by atoms with Gasteiger partial charge >= 0.3 is 23.9 Å². The first-order chi connectivity index (χ1) is 15.8. The maximum absolute atomic E-state index is 13.5. The van der Waals surface area contributed by atoms with Crippen LogP contribution in [0.1, 0.15) is 22.8 Å². The second-order valence-corrected chi connectivity index (χ2v) is 7.07.